The molecule has 146 valence electrons. The number of alkyl halides is 3. The first-order chi connectivity index (χ1) is 12.8. The number of hydrogen-bond donors (Lipinski definition) is 0. The van der Waals surface area contributed by atoms with Crippen molar-refractivity contribution in [1.82, 2.24) is 15.2 Å². The van der Waals surface area contributed by atoms with E-state index in [2.05, 4.69) is 14.7 Å². The highest BCUT2D eigenvalue weighted by atomic mass is 19.4. The zero-order valence-corrected chi connectivity index (χ0v) is 15.0. The minimum Gasteiger partial charge on any atom is -0.329 e. The van der Waals surface area contributed by atoms with E-state index in [4.69, 9.17) is 4.84 Å². The summed E-state index contributed by atoms with van der Waals surface area (Å²) in [7, 11) is 0. The summed E-state index contributed by atoms with van der Waals surface area (Å²) in [5.41, 5.74) is 1.18. The molecule has 9 heteroatoms. The first-order valence-electron chi connectivity index (χ1n) is 8.74. The maximum atomic E-state index is 12.6. The van der Waals surface area contributed by atoms with Crippen LogP contribution in [0.2, 0.25) is 0 Å². The van der Waals surface area contributed by atoms with Crippen LogP contribution in [0.25, 0.3) is 11.4 Å². The lowest BCUT2D eigenvalue weighted by Gasteiger charge is -2.22. The molecule has 0 spiro atoms. The summed E-state index contributed by atoms with van der Waals surface area (Å²) in [6.45, 7) is 4.68. The van der Waals surface area contributed by atoms with Crippen molar-refractivity contribution in [2.45, 2.75) is 39.4 Å². The molecule has 1 amide bonds. The van der Waals surface area contributed by atoms with Crippen LogP contribution in [-0.4, -0.2) is 27.7 Å². The molecular formula is C18H20F3N3O3. The number of carbonyl (C=O) groups is 1. The van der Waals surface area contributed by atoms with Gasteiger partial charge in [0.1, 0.15) is 0 Å². The van der Waals surface area contributed by atoms with Gasteiger partial charge >= 0.3 is 12.1 Å². The Labute approximate surface area is 154 Å². The monoisotopic (exact) mass is 383 g/mol. The Bertz CT molecular complexity index is 789. The largest absolute Gasteiger partial charge is 0.471 e. The van der Waals surface area contributed by atoms with Gasteiger partial charge in [0.05, 0.1) is 13.2 Å². The zero-order chi connectivity index (χ0) is 19.6. The van der Waals surface area contributed by atoms with Gasteiger partial charge in [0.2, 0.25) is 11.7 Å². The Balaban J connectivity index is 1.69. The highest BCUT2D eigenvalue weighted by Crippen LogP contribution is 2.39. The summed E-state index contributed by atoms with van der Waals surface area (Å²) >= 11 is 0. The van der Waals surface area contributed by atoms with Crippen molar-refractivity contribution in [3.63, 3.8) is 0 Å². The first-order valence-corrected chi connectivity index (χ1v) is 8.74. The van der Waals surface area contributed by atoms with Crippen LogP contribution in [0.4, 0.5) is 13.2 Å². The molecule has 0 saturated heterocycles. The number of amides is 1. The van der Waals surface area contributed by atoms with E-state index in [0.717, 1.165) is 18.4 Å². The second-order valence-electron chi connectivity index (χ2n) is 6.65. The highest BCUT2D eigenvalue weighted by molar-refractivity contribution is 5.80. The van der Waals surface area contributed by atoms with E-state index in [1.165, 1.54) is 5.06 Å². The Hall–Kier alpha value is -2.42. The van der Waals surface area contributed by atoms with E-state index in [9.17, 15) is 18.0 Å². The van der Waals surface area contributed by atoms with Crippen molar-refractivity contribution < 1.29 is 27.3 Å². The number of rotatable bonds is 7. The topological polar surface area (TPSA) is 68.5 Å². The average Bonchev–Trinajstić information content (AvgIpc) is 3.15. The van der Waals surface area contributed by atoms with Gasteiger partial charge in [-0.3, -0.25) is 9.63 Å². The Kier molecular flexibility index (Phi) is 5.50. The molecule has 0 radical (unpaired) electrons. The lowest BCUT2D eigenvalue weighted by Crippen LogP contribution is -2.32. The molecule has 2 unspecified atom stereocenters. The van der Waals surface area contributed by atoms with Crippen molar-refractivity contribution >= 4 is 5.91 Å². The van der Waals surface area contributed by atoms with Crippen LogP contribution in [-0.2, 0) is 22.4 Å². The smallest absolute Gasteiger partial charge is 0.329 e. The van der Waals surface area contributed by atoms with Crippen LogP contribution in [0.1, 0.15) is 38.1 Å². The molecule has 6 nitrogen and oxygen atoms in total. The van der Waals surface area contributed by atoms with Crippen LogP contribution in [0.3, 0.4) is 0 Å². The molecule has 1 saturated carbocycles. The zero-order valence-electron chi connectivity index (χ0n) is 15.0. The predicted molar refractivity (Wildman–Crippen MR) is 88.8 cm³/mol. The third-order valence-corrected chi connectivity index (χ3v) is 4.33. The average molecular weight is 383 g/mol. The van der Waals surface area contributed by atoms with Crippen molar-refractivity contribution in [2.75, 3.05) is 6.61 Å². The van der Waals surface area contributed by atoms with Crippen molar-refractivity contribution in [1.29, 1.82) is 0 Å². The third kappa shape index (κ3) is 4.65. The minimum absolute atomic E-state index is 0.00116. The van der Waals surface area contributed by atoms with E-state index in [-0.39, 0.29) is 24.2 Å². The van der Waals surface area contributed by atoms with Crippen LogP contribution in [0, 0.1) is 11.8 Å². The number of carbonyl (C=O) groups excluding carboxylic acids is 1. The van der Waals surface area contributed by atoms with Gasteiger partial charge in [-0.2, -0.15) is 18.2 Å². The van der Waals surface area contributed by atoms with Gasteiger partial charge in [-0.15, -0.1) is 0 Å². The molecule has 1 aromatic heterocycles. The number of hydrogen-bond acceptors (Lipinski definition) is 5. The molecule has 2 aromatic rings. The van der Waals surface area contributed by atoms with Crippen molar-refractivity contribution in [3.8, 4) is 11.4 Å². The minimum atomic E-state index is -4.68. The number of halogens is 3. The molecule has 1 aliphatic rings. The number of hydroxylamine groups is 2. The highest BCUT2D eigenvalue weighted by Gasteiger charge is 2.42. The van der Waals surface area contributed by atoms with Crippen molar-refractivity contribution in [3.05, 3.63) is 35.7 Å². The molecule has 1 fully saturated rings. The van der Waals surface area contributed by atoms with Crippen molar-refractivity contribution in [2.24, 2.45) is 11.8 Å². The normalized spacial score (nSPS) is 19.1. The molecule has 0 aliphatic heterocycles. The number of nitrogens with zero attached hydrogens (tertiary/aromatic N) is 3. The van der Waals surface area contributed by atoms with Crippen LogP contribution >= 0.6 is 0 Å². The maximum absolute atomic E-state index is 12.6. The van der Waals surface area contributed by atoms with Crippen LogP contribution in [0.15, 0.2) is 28.8 Å². The summed E-state index contributed by atoms with van der Waals surface area (Å²) < 4.78 is 41.9. The fourth-order valence-electron chi connectivity index (χ4n) is 2.62. The van der Waals surface area contributed by atoms with Crippen LogP contribution in [0.5, 0.6) is 0 Å². The van der Waals surface area contributed by atoms with E-state index >= 15 is 0 Å². The first kappa shape index (κ1) is 19.3. The van der Waals surface area contributed by atoms with Gasteiger partial charge in [0.25, 0.3) is 0 Å². The molecule has 2 atom stereocenters. The Morgan fingerprint density at radius 3 is 2.52 bits per heavy atom. The Morgan fingerprint density at radius 2 is 2.00 bits per heavy atom. The third-order valence-electron chi connectivity index (χ3n) is 4.33. The second kappa shape index (κ2) is 7.67. The number of benzene rings is 1. The quantitative estimate of drug-likeness (QED) is 0.674. The summed E-state index contributed by atoms with van der Waals surface area (Å²) in [4.78, 5) is 21.4. The number of aromatic nitrogens is 2. The van der Waals surface area contributed by atoms with E-state index in [1.54, 1.807) is 24.3 Å². The van der Waals surface area contributed by atoms with Gasteiger partial charge in [0, 0.05) is 11.5 Å². The molecule has 1 aliphatic carbocycles. The van der Waals surface area contributed by atoms with Crippen LogP contribution < -0.4 is 0 Å². The van der Waals surface area contributed by atoms with Gasteiger partial charge in [-0.25, -0.2) is 5.06 Å². The van der Waals surface area contributed by atoms with Gasteiger partial charge < -0.3 is 4.52 Å². The van der Waals surface area contributed by atoms with E-state index in [1.807, 2.05) is 13.8 Å². The fourth-order valence-corrected chi connectivity index (χ4v) is 2.62. The summed E-state index contributed by atoms with van der Waals surface area (Å²) in [5, 5.41) is 4.73. The summed E-state index contributed by atoms with van der Waals surface area (Å²) in [6, 6.07) is 6.57. The molecule has 3 rings (SSSR count). The van der Waals surface area contributed by atoms with E-state index < -0.39 is 12.1 Å². The van der Waals surface area contributed by atoms with Gasteiger partial charge in [-0.1, -0.05) is 43.3 Å². The van der Waals surface area contributed by atoms with Gasteiger partial charge in [0.15, 0.2) is 0 Å². The fraction of sp³-hybridized carbons (Fsp3) is 0.500. The molecule has 27 heavy (non-hydrogen) atoms. The second-order valence-corrected chi connectivity index (χ2v) is 6.65. The lowest BCUT2D eigenvalue weighted by atomic mass is 10.1. The SMILES string of the molecule is CCCON(Cc1ccc(-c2noc(C(F)(F)F)n2)cc1)C(=O)C1CC1C. The molecule has 1 aromatic carbocycles. The molecule has 0 N–H and O–H groups in total. The molecular weight excluding hydrogens is 363 g/mol. The standard InChI is InChI=1S/C18H20F3N3O3/c1-3-8-26-24(16(25)14-9-11(14)2)10-12-4-6-13(7-5-12)15-22-17(27-23-15)18(19,20)21/h4-7,11,14H,3,8-10H2,1-2H3. The summed E-state index contributed by atoms with van der Waals surface area (Å²) in [6.07, 6.45) is -3.03. The summed E-state index contributed by atoms with van der Waals surface area (Å²) in [5.74, 6) is -1.19. The molecule has 0 bridgehead atoms. The Morgan fingerprint density at radius 1 is 1.33 bits per heavy atom. The predicted octanol–water partition coefficient (Wildman–Crippen LogP) is 4.08. The lowest BCUT2D eigenvalue weighted by molar-refractivity contribution is -0.192. The van der Waals surface area contributed by atoms with Gasteiger partial charge in [-0.05, 0) is 24.3 Å². The maximum Gasteiger partial charge on any atom is 0.471 e. The molecule has 1 heterocycles. The van der Waals surface area contributed by atoms with E-state index in [0.29, 0.717) is 18.1 Å².